The Hall–Kier alpha value is -1.72. The predicted octanol–water partition coefficient (Wildman–Crippen LogP) is 4.12. The Morgan fingerprint density at radius 2 is 2.10 bits per heavy atom. The van der Waals surface area contributed by atoms with Crippen molar-refractivity contribution < 1.29 is 5.21 Å². The first-order valence-corrected chi connectivity index (χ1v) is 7.44. The van der Waals surface area contributed by atoms with E-state index in [2.05, 4.69) is 26.4 Å². The number of halogens is 2. The molecule has 0 aliphatic heterocycles. The Kier molecular flexibility index (Phi) is 5.09. The Morgan fingerprint density at radius 3 is 2.76 bits per heavy atom. The number of anilines is 1. The average Bonchev–Trinajstić information content (AvgIpc) is 2.48. The number of nitrogens with zero attached hydrogens (tertiary/aromatic N) is 1. The molecule has 2 aromatic carbocycles. The van der Waals surface area contributed by atoms with Crippen LogP contribution in [-0.4, -0.2) is 11.0 Å². The predicted molar refractivity (Wildman–Crippen MR) is 90.2 cm³/mol. The summed E-state index contributed by atoms with van der Waals surface area (Å²) in [6.45, 7) is 2.64. The average molecular weight is 369 g/mol. The molecule has 0 aromatic heterocycles. The van der Waals surface area contributed by atoms with Gasteiger partial charge in [0.05, 0.1) is 5.69 Å². The van der Waals surface area contributed by atoms with Crippen LogP contribution in [0.5, 0.6) is 0 Å². The van der Waals surface area contributed by atoms with Crippen LogP contribution >= 0.6 is 27.5 Å². The highest BCUT2D eigenvalue weighted by atomic mass is 79.9. The second kappa shape index (κ2) is 6.83. The molecular formula is C15H15BrClN3O. The number of benzene rings is 2. The van der Waals surface area contributed by atoms with Crippen molar-refractivity contribution in [3.63, 3.8) is 0 Å². The quantitative estimate of drug-likeness (QED) is 0.329. The minimum Gasteiger partial charge on any atom is -0.409 e. The van der Waals surface area contributed by atoms with Crippen LogP contribution in [0.1, 0.15) is 16.7 Å². The molecule has 0 spiro atoms. The van der Waals surface area contributed by atoms with E-state index >= 15 is 0 Å². The van der Waals surface area contributed by atoms with Crippen LogP contribution < -0.4 is 11.1 Å². The first-order valence-electron chi connectivity index (χ1n) is 6.27. The number of amidine groups is 1. The first-order chi connectivity index (χ1) is 10.0. The van der Waals surface area contributed by atoms with Crippen LogP contribution in [0.4, 0.5) is 5.69 Å². The van der Waals surface area contributed by atoms with Crippen LogP contribution in [0.2, 0.25) is 5.02 Å². The largest absolute Gasteiger partial charge is 0.409 e. The maximum atomic E-state index is 8.69. The van der Waals surface area contributed by atoms with Gasteiger partial charge in [0, 0.05) is 21.6 Å². The van der Waals surface area contributed by atoms with Gasteiger partial charge in [-0.15, -0.1) is 0 Å². The topological polar surface area (TPSA) is 70.6 Å². The molecular weight excluding hydrogens is 354 g/mol. The fourth-order valence-electron chi connectivity index (χ4n) is 1.93. The first kappa shape index (κ1) is 15.7. The number of oxime groups is 1. The van der Waals surface area contributed by atoms with Crippen molar-refractivity contribution in [2.45, 2.75) is 13.5 Å². The lowest BCUT2D eigenvalue weighted by Crippen LogP contribution is -2.13. The summed E-state index contributed by atoms with van der Waals surface area (Å²) >= 11 is 9.47. The summed E-state index contributed by atoms with van der Waals surface area (Å²) in [6, 6.07) is 11.3. The molecule has 0 fully saturated rings. The zero-order valence-electron chi connectivity index (χ0n) is 11.4. The maximum absolute atomic E-state index is 8.69. The lowest BCUT2D eigenvalue weighted by atomic mass is 10.0. The SMILES string of the molecule is Cc1cc(/C(N)=N/O)ccc1CNc1cc(Cl)ccc1Br. The summed E-state index contributed by atoms with van der Waals surface area (Å²) < 4.78 is 0.956. The Labute approximate surface area is 136 Å². The molecule has 21 heavy (non-hydrogen) atoms. The van der Waals surface area contributed by atoms with Crippen LogP contribution in [0.25, 0.3) is 0 Å². The second-order valence-corrected chi connectivity index (χ2v) is 5.89. The van der Waals surface area contributed by atoms with Crippen molar-refractivity contribution in [2.75, 3.05) is 5.32 Å². The highest BCUT2D eigenvalue weighted by Gasteiger charge is 2.05. The molecule has 0 atom stereocenters. The molecule has 2 rings (SSSR count). The van der Waals surface area contributed by atoms with E-state index in [4.69, 9.17) is 22.5 Å². The van der Waals surface area contributed by atoms with E-state index in [9.17, 15) is 0 Å². The van der Waals surface area contributed by atoms with Gasteiger partial charge < -0.3 is 16.3 Å². The van der Waals surface area contributed by atoms with Crippen LogP contribution in [-0.2, 0) is 6.54 Å². The monoisotopic (exact) mass is 367 g/mol. The van der Waals surface area contributed by atoms with Gasteiger partial charge in [0.1, 0.15) is 0 Å². The van der Waals surface area contributed by atoms with Gasteiger partial charge in [0.15, 0.2) is 5.84 Å². The van der Waals surface area contributed by atoms with E-state index in [1.807, 2.05) is 43.3 Å². The fourth-order valence-corrected chi connectivity index (χ4v) is 2.49. The van der Waals surface area contributed by atoms with Gasteiger partial charge in [-0.3, -0.25) is 0 Å². The lowest BCUT2D eigenvalue weighted by molar-refractivity contribution is 0.318. The summed E-state index contributed by atoms with van der Waals surface area (Å²) in [5, 5.41) is 15.7. The molecule has 0 aliphatic carbocycles. The van der Waals surface area contributed by atoms with E-state index in [-0.39, 0.29) is 5.84 Å². The van der Waals surface area contributed by atoms with E-state index < -0.39 is 0 Å². The number of aryl methyl sites for hydroxylation is 1. The highest BCUT2D eigenvalue weighted by Crippen LogP contribution is 2.26. The summed E-state index contributed by atoms with van der Waals surface area (Å²) in [6.07, 6.45) is 0. The summed E-state index contributed by atoms with van der Waals surface area (Å²) in [5.41, 5.74) is 9.39. The molecule has 0 aliphatic rings. The number of hydrogen-bond acceptors (Lipinski definition) is 3. The molecule has 0 unspecified atom stereocenters. The van der Waals surface area contributed by atoms with Crippen molar-refractivity contribution in [2.24, 2.45) is 10.9 Å². The Balaban J connectivity index is 2.15. The summed E-state index contributed by atoms with van der Waals surface area (Å²) in [4.78, 5) is 0. The minimum atomic E-state index is 0.107. The third kappa shape index (κ3) is 3.89. The molecule has 0 saturated heterocycles. The second-order valence-electron chi connectivity index (χ2n) is 4.60. The Bertz CT molecular complexity index is 689. The minimum absolute atomic E-state index is 0.107. The number of rotatable bonds is 4. The number of nitrogens with two attached hydrogens (primary N) is 1. The van der Waals surface area contributed by atoms with Crippen molar-refractivity contribution in [1.29, 1.82) is 0 Å². The number of nitrogens with one attached hydrogen (secondary N) is 1. The molecule has 0 bridgehead atoms. The van der Waals surface area contributed by atoms with Gasteiger partial charge in [-0.2, -0.15) is 0 Å². The molecule has 0 amide bonds. The van der Waals surface area contributed by atoms with Gasteiger partial charge in [0.2, 0.25) is 0 Å². The standard InChI is InChI=1S/C15H15BrClN3O/c1-9-6-10(15(18)20-21)2-3-11(9)8-19-14-7-12(17)4-5-13(14)16/h2-7,19,21H,8H2,1H3,(H2,18,20). The van der Waals surface area contributed by atoms with Crippen molar-refractivity contribution in [1.82, 2.24) is 0 Å². The van der Waals surface area contributed by atoms with Crippen LogP contribution in [0.15, 0.2) is 46.0 Å². The van der Waals surface area contributed by atoms with Gasteiger partial charge in [0.25, 0.3) is 0 Å². The van der Waals surface area contributed by atoms with E-state index in [0.29, 0.717) is 17.1 Å². The third-order valence-electron chi connectivity index (χ3n) is 3.14. The molecule has 110 valence electrons. The lowest BCUT2D eigenvalue weighted by Gasteiger charge is -2.12. The van der Waals surface area contributed by atoms with Crippen LogP contribution in [0, 0.1) is 6.92 Å². The Morgan fingerprint density at radius 1 is 1.33 bits per heavy atom. The van der Waals surface area contributed by atoms with Gasteiger partial charge in [-0.1, -0.05) is 28.9 Å². The van der Waals surface area contributed by atoms with Gasteiger partial charge in [-0.05, 0) is 58.2 Å². The van der Waals surface area contributed by atoms with Crippen molar-refractivity contribution in [3.05, 3.63) is 62.6 Å². The number of hydrogen-bond donors (Lipinski definition) is 3. The highest BCUT2D eigenvalue weighted by molar-refractivity contribution is 9.10. The molecule has 2 aromatic rings. The molecule has 4 nitrogen and oxygen atoms in total. The molecule has 0 saturated carbocycles. The zero-order chi connectivity index (χ0) is 15.4. The van der Waals surface area contributed by atoms with Crippen molar-refractivity contribution in [3.8, 4) is 0 Å². The normalized spacial score (nSPS) is 11.5. The van der Waals surface area contributed by atoms with E-state index in [1.54, 1.807) is 0 Å². The third-order valence-corrected chi connectivity index (χ3v) is 4.07. The van der Waals surface area contributed by atoms with Gasteiger partial charge in [-0.25, -0.2) is 0 Å². The van der Waals surface area contributed by atoms with E-state index in [0.717, 1.165) is 21.3 Å². The summed E-state index contributed by atoms with van der Waals surface area (Å²) in [5.74, 6) is 0.107. The smallest absolute Gasteiger partial charge is 0.170 e. The van der Waals surface area contributed by atoms with E-state index in [1.165, 1.54) is 0 Å². The molecule has 0 radical (unpaired) electrons. The maximum Gasteiger partial charge on any atom is 0.170 e. The molecule has 4 N–H and O–H groups in total. The zero-order valence-corrected chi connectivity index (χ0v) is 13.7. The van der Waals surface area contributed by atoms with Crippen LogP contribution in [0.3, 0.4) is 0 Å². The molecule has 0 heterocycles. The van der Waals surface area contributed by atoms with Gasteiger partial charge >= 0.3 is 0 Å². The summed E-state index contributed by atoms with van der Waals surface area (Å²) in [7, 11) is 0. The fraction of sp³-hybridized carbons (Fsp3) is 0.133. The molecule has 6 heteroatoms. The van der Waals surface area contributed by atoms with Crippen molar-refractivity contribution >= 4 is 39.1 Å².